The van der Waals surface area contributed by atoms with Gasteiger partial charge in [-0.05, 0) is 0 Å². The van der Waals surface area contributed by atoms with Crippen LogP contribution < -0.4 is 0 Å². The van der Waals surface area contributed by atoms with Gasteiger partial charge in [-0.2, -0.15) is 0 Å². The summed E-state index contributed by atoms with van der Waals surface area (Å²) in [6.45, 7) is 0. The van der Waals surface area contributed by atoms with Crippen LogP contribution in [0.3, 0.4) is 0 Å². The summed E-state index contributed by atoms with van der Waals surface area (Å²) in [5, 5.41) is 0. The number of hydroxylamine groups is 2. The maximum atomic E-state index is 11.3. The van der Waals surface area contributed by atoms with Gasteiger partial charge in [-0.1, -0.05) is 22.6 Å². The molecule has 0 spiro atoms. The normalized spacial score (nSPS) is 19.9. The molecule has 90 valence electrons. The first-order valence-corrected chi connectivity index (χ1v) is 6.90. The Balaban J connectivity index is 3.29. The molecule has 0 aromatic carbocycles. The molecule has 1 fully saturated rings. The molecule has 8 nitrogen and oxygen atoms in total. The molecule has 16 heavy (non-hydrogen) atoms. The minimum atomic E-state index is -5.18. The molecule has 1 saturated heterocycles. The highest BCUT2D eigenvalue weighted by Gasteiger charge is 2.65. The van der Waals surface area contributed by atoms with E-state index in [1.54, 1.807) is 22.6 Å². The SMILES string of the molecule is O=C(CI)O[N+]1(S(=O)(=O)O)C(=O)CCC1=O. The number of hydrogen-bond donors (Lipinski definition) is 1. The first kappa shape index (κ1) is 13.5. The van der Waals surface area contributed by atoms with Gasteiger partial charge in [0.15, 0.2) is 0 Å². The topological polar surface area (TPSA) is 115 Å². The van der Waals surface area contributed by atoms with Gasteiger partial charge in [-0.15, -0.1) is 8.42 Å². The van der Waals surface area contributed by atoms with Gasteiger partial charge in [-0.3, -0.25) is 0 Å². The first-order chi connectivity index (χ1) is 7.25. The molecule has 10 heteroatoms. The molecule has 1 heterocycles. The van der Waals surface area contributed by atoms with E-state index in [-0.39, 0.29) is 4.43 Å². The van der Waals surface area contributed by atoms with Crippen molar-refractivity contribution in [1.29, 1.82) is 0 Å². The van der Waals surface area contributed by atoms with Crippen LogP contribution in [0.1, 0.15) is 12.8 Å². The predicted molar refractivity (Wildman–Crippen MR) is 56.0 cm³/mol. The number of alkyl halides is 1. The molecule has 1 N–H and O–H groups in total. The molecular formula is C6H7INO7S+. The quantitative estimate of drug-likeness (QED) is 0.233. The molecule has 0 bridgehead atoms. The highest BCUT2D eigenvalue weighted by Crippen LogP contribution is 2.28. The van der Waals surface area contributed by atoms with Crippen molar-refractivity contribution in [3.63, 3.8) is 0 Å². The molecule has 2 amide bonds. The number of imide groups is 1. The van der Waals surface area contributed by atoms with Crippen LogP contribution in [0.2, 0.25) is 0 Å². The maximum Gasteiger partial charge on any atom is 0.488 e. The fourth-order valence-corrected chi connectivity index (χ4v) is 2.24. The third kappa shape index (κ3) is 1.97. The largest absolute Gasteiger partial charge is 0.488 e. The summed E-state index contributed by atoms with van der Waals surface area (Å²) in [7, 11) is -5.18. The number of carbonyl (C=O) groups excluding carboxylic acids is 3. The summed E-state index contributed by atoms with van der Waals surface area (Å²) in [5.41, 5.74) is 0. The van der Waals surface area contributed by atoms with Crippen LogP contribution in [0.4, 0.5) is 0 Å². The van der Waals surface area contributed by atoms with Crippen LogP contribution in [0.5, 0.6) is 0 Å². The summed E-state index contributed by atoms with van der Waals surface area (Å²) in [6, 6.07) is 0. The first-order valence-electron chi connectivity index (χ1n) is 3.97. The fraction of sp³-hybridized carbons (Fsp3) is 0.500. The van der Waals surface area contributed by atoms with E-state index in [0.717, 1.165) is 0 Å². The Kier molecular flexibility index (Phi) is 3.66. The summed E-state index contributed by atoms with van der Waals surface area (Å²) in [6.07, 6.45) is -0.791. The molecule has 0 saturated carbocycles. The summed E-state index contributed by atoms with van der Waals surface area (Å²) >= 11 is 1.57. The molecule has 1 aliphatic heterocycles. The molecule has 0 unspecified atom stereocenters. The van der Waals surface area contributed by atoms with Crippen molar-refractivity contribution in [1.82, 2.24) is 0 Å². The maximum absolute atomic E-state index is 11.3. The van der Waals surface area contributed by atoms with E-state index >= 15 is 0 Å². The fourth-order valence-electron chi connectivity index (χ4n) is 1.22. The number of hydrogen-bond acceptors (Lipinski definition) is 6. The molecular weight excluding hydrogens is 357 g/mol. The van der Waals surface area contributed by atoms with Gasteiger partial charge in [0.05, 0.1) is 12.8 Å². The average molecular weight is 364 g/mol. The summed E-state index contributed by atoms with van der Waals surface area (Å²) in [5.74, 6) is -3.43. The number of quaternary nitrogens is 1. The number of halogens is 1. The average Bonchev–Trinajstić information content (AvgIpc) is 2.45. The number of nitrogens with zero attached hydrogens (tertiary/aromatic N) is 1. The Hall–Kier alpha value is -0.590. The lowest BCUT2D eigenvalue weighted by molar-refractivity contribution is -0.853. The van der Waals surface area contributed by atoms with E-state index in [1.165, 1.54) is 0 Å². The van der Waals surface area contributed by atoms with Gasteiger partial charge < -0.3 is 0 Å². The van der Waals surface area contributed by atoms with Crippen LogP contribution in [0.25, 0.3) is 0 Å². The monoisotopic (exact) mass is 364 g/mol. The second-order valence-electron chi connectivity index (χ2n) is 2.88. The zero-order chi connectivity index (χ0) is 12.6. The van der Waals surface area contributed by atoms with E-state index in [0.29, 0.717) is 0 Å². The highest BCUT2D eigenvalue weighted by molar-refractivity contribution is 14.1. The minimum Gasteiger partial charge on any atom is -0.244 e. The smallest absolute Gasteiger partial charge is 0.244 e. The van der Waals surface area contributed by atoms with Crippen molar-refractivity contribution in [2.75, 3.05) is 4.43 Å². The summed E-state index contributed by atoms with van der Waals surface area (Å²) < 4.78 is 28.4. The van der Waals surface area contributed by atoms with E-state index in [2.05, 4.69) is 4.84 Å². The molecule has 1 rings (SSSR count). The van der Waals surface area contributed by atoms with E-state index in [9.17, 15) is 22.8 Å². The lowest BCUT2D eigenvalue weighted by Crippen LogP contribution is -2.57. The Labute approximate surface area is 104 Å². The second kappa shape index (κ2) is 4.35. The van der Waals surface area contributed by atoms with Crippen molar-refractivity contribution in [3.8, 4) is 0 Å². The van der Waals surface area contributed by atoms with Crippen molar-refractivity contribution < 1.29 is 36.2 Å². The highest BCUT2D eigenvalue weighted by atomic mass is 127. The van der Waals surface area contributed by atoms with Gasteiger partial charge in [-0.25, -0.2) is 23.8 Å². The zero-order valence-electron chi connectivity index (χ0n) is 7.75. The Morgan fingerprint density at radius 1 is 1.38 bits per heavy atom. The number of rotatable bonds is 3. The Morgan fingerprint density at radius 3 is 2.12 bits per heavy atom. The van der Waals surface area contributed by atoms with E-state index in [1.807, 2.05) is 0 Å². The lowest BCUT2D eigenvalue weighted by atomic mass is 10.4. The third-order valence-electron chi connectivity index (χ3n) is 1.87. The van der Waals surface area contributed by atoms with Gasteiger partial charge in [0.25, 0.3) is 0 Å². The Morgan fingerprint density at radius 2 is 1.81 bits per heavy atom. The van der Waals surface area contributed by atoms with Crippen molar-refractivity contribution in [3.05, 3.63) is 0 Å². The van der Waals surface area contributed by atoms with Gasteiger partial charge in [0.2, 0.25) is 0 Å². The molecule has 0 aliphatic carbocycles. The van der Waals surface area contributed by atoms with Crippen molar-refractivity contribution in [2.45, 2.75) is 12.8 Å². The number of amides is 2. The second-order valence-corrected chi connectivity index (χ2v) is 5.06. The molecule has 1 aliphatic rings. The van der Waals surface area contributed by atoms with E-state index in [4.69, 9.17) is 4.55 Å². The molecule has 0 radical (unpaired) electrons. The van der Waals surface area contributed by atoms with Crippen LogP contribution in [0.15, 0.2) is 0 Å². The van der Waals surface area contributed by atoms with Gasteiger partial charge in [0, 0.05) is 0 Å². The minimum absolute atomic E-state index is 0.256. The standard InChI is InChI=1S/C6H6INO7S/c7-3-6(11)15-8(16(12,13)14)4(9)1-2-5(8)10/h1-3H2/p+1. The van der Waals surface area contributed by atoms with Crippen LogP contribution in [0, 0.1) is 0 Å². The van der Waals surface area contributed by atoms with E-state index < -0.39 is 45.0 Å². The lowest BCUT2D eigenvalue weighted by Gasteiger charge is -2.19. The van der Waals surface area contributed by atoms with Crippen molar-refractivity contribution >= 4 is 50.7 Å². The molecule has 0 atom stereocenters. The molecule has 0 aromatic rings. The molecule has 0 aromatic heterocycles. The predicted octanol–water partition coefficient (Wildman–Crippen LogP) is -0.654. The zero-order valence-corrected chi connectivity index (χ0v) is 10.7. The number of carbonyl (C=O) groups is 3. The third-order valence-corrected chi connectivity index (χ3v) is 3.63. The van der Waals surface area contributed by atoms with Crippen LogP contribution in [-0.4, -0.2) is 39.2 Å². The van der Waals surface area contributed by atoms with Crippen LogP contribution >= 0.6 is 22.6 Å². The summed E-state index contributed by atoms with van der Waals surface area (Å²) in [4.78, 5) is 38.0. The van der Waals surface area contributed by atoms with Crippen molar-refractivity contribution in [2.24, 2.45) is 0 Å². The van der Waals surface area contributed by atoms with Gasteiger partial charge in [0.1, 0.15) is 8.48 Å². The van der Waals surface area contributed by atoms with Gasteiger partial charge >= 0.3 is 28.1 Å². The van der Waals surface area contributed by atoms with Crippen LogP contribution in [-0.2, 0) is 29.5 Å². The Bertz CT molecular complexity index is 439.